The van der Waals surface area contributed by atoms with Crippen molar-refractivity contribution in [2.75, 3.05) is 6.61 Å². The topological polar surface area (TPSA) is 279 Å². The lowest BCUT2D eigenvalue weighted by Crippen LogP contribution is -2.59. The molecule has 3 aromatic carbocycles. The Morgan fingerprint density at radius 2 is 1.70 bits per heavy atom. The highest BCUT2D eigenvalue weighted by Gasteiger charge is 2.48. The molecule has 1 saturated heterocycles. The van der Waals surface area contributed by atoms with Gasteiger partial charge in [0.05, 0.1) is 35.4 Å². The fourth-order valence-electron chi connectivity index (χ4n) is 7.17. The number of ether oxygens (including phenoxy) is 3. The van der Waals surface area contributed by atoms with Crippen LogP contribution in [-0.2, 0) is 39.8 Å². The lowest BCUT2D eigenvalue weighted by atomic mass is 9.74. The average Bonchev–Trinajstić information content (AvgIpc) is 3.08. The van der Waals surface area contributed by atoms with Crippen LogP contribution in [0.25, 0.3) is 21.5 Å². The summed E-state index contributed by atoms with van der Waals surface area (Å²) in [7, 11) is 0. The second kappa shape index (κ2) is 15.0. The molecule has 17 heteroatoms. The number of rotatable bonds is 10. The van der Waals surface area contributed by atoms with E-state index >= 15 is 0 Å². The van der Waals surface area contributed by atoms with E-state index in [1.54, 1.807) is 20.8 Å². The van der Waals surface area contributed by atoms with Crippen molar-refractivity contribution in [2.45, 2.75) is 108 Å². The van der Waals surface area contributed by atoms with Gasteiger partial charge in [-0.1, -0.05) is 18.2 Å². The molecule has 7 atom stereocenters. The SMILES string of the molecule is CC(=O)NC(CC(=O)OC(C)(C)C)C(=O)N[C@@H]1C[C@H](O[C@H]2C[C@](O)(C(=O)CO)Cc3c2c(O)c2c(O)c4c(C=O)cccc4c(O)c2c3O)OC(C)[C@H]1O. The normalized spacial score (nSPS) is 24.7. The van der Waals surface area contributed by atoms with Crippen molar-refractivity contribution in [1.29, 1.82) is 0 Å². The smallest absolute Gasteiger partial charge is 0.308 e. The zero-order chi connectivity index (χ0) is 40.0. The molecule has 0 aromatic heterocycles. The third-order valence-corrected chi connectivity index (χ3v) is 9.59. The second-order valence-corrected chi connectivity index (χ2v) is 14.7. The lowest BCUT2D eigenvalue weighted by Gasteiger charge is -2.42. The molecule has 0 bridgehead atoms. The summed E-state index contributed by atoms with van der Waals surface area (Å²) in [6.45, 7) is 6.39. The number of aldehydes is 1. The number of amides is 2. The van der Waals surface area contributed by atoms with Crippen molar-refractivity contribution < 1.29 is 73.9 Å². The number of ketones is 1. The van der Waals surface area contributed by atoms with Crippen LogP contribution in [0.3, 0.4) is 0 Å². The quantitative estimate of drug-likeness (QED) is 0.0607. The number of phenolic OH excluding ortho intramolecular Hbond substituents is 4. The van der Waals surface area contributed by atoms with Crippen LogP contribution >= 0.6 is 0 Å². The van der Waals surface area contributed by atoms with E-state index < -0.39 is 131 Å². The van der Waals surface area contributed by atoms with Gasteiger partial charge in [0.1, 0.15) is 53.0 Å². The first kappa shape index (κ1) is 40.1. The molecule has 9 N–H and O–H groups in total. The van der Waals surface area contributed by atoms with E-state index in [1.807, 2.05) is 0 Å². The molecule has 1 aliphatic carbocycles. The Kier molecular flexibility index (Phi) is 11.1. The van der Waals surface area contributed by atoms with Crippen LogP contribution in [0.1, 0.15) is 81.5 Å². The molecule has 1 fully saturated rings. The Morgan fingerprint density at radius 1 is 1.04 bits per heavy atom. The Balaban J connectivity index is 1.54. The zero-order valence-electron chi connectivity index (χ0n) is 30.2. The van der Waals surface area contributed by atoms with Gasteiger partial charge in [-0.25, -0.2) is 0 Å². The van der Waals surface area contributed by atoms with Gasteiger partial charge >= 0.3 is 5.97 Å². The number of hydrogen-bond donors (Lipinski definition) is 9. The molecule has 1 aliphatic heterocycles. The number of aliphatic hydroxyl groups is 3. The van der Waals surface area contributed by atoms with Gasteiger partial charge in [0.25, 0.3) is 0 Å². The fourth-order valence-corrected chi connectivity index (χ4v) is 7.17. The molecular formula is C37H44N2O15. The number of carbonyl (C=O) groups excluding carboxylic acids is 5. The summed E-state index contributed by atoms with van der Waals surface area (Å²) in [5.41, 5.74) is -3.80. The van der Waals surface area contributed by atoms with Crippen LogP contribution in [0.4, 0.5) is 0 Å². The number of fused-ring (bicyclic) bond motifs is 3. The Morgan fingerprint density at radius 3 is 2.31 bits per heavy atom. The number of Topliss-reactive ketones (excluding diaryl/α,β-unsaturated/α-hetero) is 1. The number of phenols is 4. The molecular weight excluding hydrogens is 712 g/mol. The molecule has 3 aromatic rings. The third-order valence-electron chi connectivity index (χ3n) is 9.59. The molecule has 2 unspecified atom stereocenters. The largest absolute Gasteiger partial charge is 0.507 e. The maximum atomic E-state index is 13.4. The highest BCUT2D eigenvalue weighted by Crippen LogP contribution is 2.56. The summed E-state index contributed by atoms with van der Waals surface area (Å²) in [5, 5.41) is 82.3. The highest BCUT2D eigenvalue weighted by molar-refractivity contribution is 6.18. The molecule has 0 saturated carbocycles. The average molecular weight is 757 g/mol. The minimum Gasteiger partial charge on any atom is -0.507 e. The summed E-state index contributed by atoms with van der Waals surface area (Å²) in [5.74, 6) is -6.06. The molecule has 54 heavy (non-hydrogen) atoms. The first-order valence-electron chi connectivity index (χ1n) is 17.2. The van der Waals surface area contributed by atoms with Crippen LogP contribution in [0.15, 0.2) is 18.2 Å². The summed E-state index contributed by atoms with van der Waals surface area (Å²) in [6, 6.07) is 1.64. The highest BCUT2D eigenvalue weighted by atomic mass is 16.7. The van der Waals surface area contributed by atoms with Crippen molar-refractivity contribution in [1.82, 2.24) is 10.6 Å². The molecule has 0 spiro atoms. The van der Waals surface area contributed by atoms with Gasteiger partial charge in [0, 0.05) is 53.6 Å². The number of carbonyl (C=O) groups is 5. The summed E-state index contributed by atoms with van der Waals surface area (Å²) in [6.07, 6.45) is -6.96. The van der Waals surface area contributed by atoms with E-state index in [2.05, 4.69) is 10.6 Å². The molecule has 0 radical (unpaired) electrons. The van der Waals surface area contributed by atoms with Gasteiger partial charge in [-0.05, 0) is 27.7 Å². The van der Waals surface area contributed by atoms with Gasteiger partial charge in [0.15, 0.2) is 18.4 Å². The maximum absolute atomic E-state index is 13.4. The molecule has 17 nitrogen and oxygen atoms in total. The van der Waals surface area contributed by atoms with E-state index in [-0.39, 0.29) is 33.9 Å². The third kappa shape index (κ3) is 7.63. The predicted molar refractivity (Wildman–Crippen MR) is 188 cm³/mol. The van der Waals surface area contributed by atoms with E-state index in [4.69, 9.17) is 14.2 Å². The van der Waals surface area contributed by atoms with Crippen molar-refractivity contribution in [3.05, 3.63) is 34.9 Å². The van der Waals surface area contributed by atoms with E-state index in [0.29, 0.717) is 6.29 Å². The molecule has 2 amide bonds. The minimum absolute atomic E-state index is 0.0439. The van der Waals surface area contributed by atoms with Gasteiger partial charge in [-0.2, -0.15) is 0 Å². The number of hydrogen-bond acceptors (Lipinski definition) is 15. The van der Waals surface area contributed by atoms with E-state index in [1.165, 1.54) is 25.1 Å². The van der Waals surface area contributed by atoms with E-state index in [9.17, 15) is 59.7 Å². The predicted octanol–water partition coefficient (Wildman–Crippen LogP) is 1.14. The van der Waals surface area contributed by atoms with Crippen LogP contribution < -0.4 is 10.6 Å². The monoisotopic (exact) mass is 756 g/mol. The maximum Gasteiger partial charge on any atom is 0.308 e. The van der Waals surface area contributed by atoms with Gasteiger partial charge in [0.2, 0.25) is 11.8 Å². The standard InChI is InChI=1S/C37H44N2O15/c1-15-30(45)20(39-35(50)21(38-16(2)42)9-24(44)54-36(3,4)5)10-25(52-15)53-22-12-37(51,23(43)14-41)11-19-27(22)34(49)29-28(32(19)47)31(46)18-8-6-7-17(13-40)26(18)33(29)48/h6-8,13,15,20-22,25,30,41,45-49,51H,9-12,14H2,1-5H3,(H,38,42)(H,39,50)/t15?,20-,21?,22+,25+,30-,37+/m1/s1. The Bertz CT molecular complexity index is 2020. The number of benzene rings is 3. The van der Waals surface area contributed by atoms with Crippen molar-refractivity contribution in [2.24, 2.45) is 0 Å². The first-order chi connectivity index (χ1) is 25.2. The number of aliphatic hydroxyl groups excluding tert-OH is 2. The summed E-state index contributed by atoms with van der Waals surface area (Å²) in [4.78, 5) is 62.7. The van der Waals surface area contributed by atoms with Crippen molar-refractivity contribution in [3.8, 4) is 23.0 Å². The molecule has 2 aliphatic rings. The van der Waals surface area contributed by atoms with Crippen LogP contribution in [-0.4, -0.2) is 114 Å². The summed E-state index contributed by atoms with van der Waals surface area (Å²) < 4.78 is 17.4. The molecule has 5 rings (SSSR count). The number of aromatic hydroxyl groups is 4. The van der Waals surface area contributed by atoms with Gasteiger partial charge in [-0.15, -0.1) is 0 Å². The van der Waals surface area contributed by atoms with Gasteiger partial charge < -0.3 is 60.6 Å². The van der Waals surface area contributed by atoms with Crippen LogP contribution in [0, 0.1) is 0 Å². The Labute approximate surface area is 308 Å². The second-order valence-electron chi connectivity index (χ2n) is 14.7. The van der Waals surface area contributed by atoms with Crippen LogP contribution in [0.2, 0.25) is 0 Å². The zero-order valence-corrected chi connectivity index (χ0v) is 30.2. The molecule has 1 heterocycles. The molecule has 292 valence electrons. The van der Waals surface area contributed by atoms with Crippen LogP contribution in [0.5, 0.6) is 23.0 Å². The number of esters is 1. The van der Waals surface area contributed by atoms with Gasteiger partial charge in [-0.3, -0.25) is 24.0 Å². The van der Waals surface area contributed by atoms with Crippen molar-refractivity contribution in [3.63, 3.8) is 0 Å². The first-order valence-corrected chi connectivity index (χ1v) is 17.2. The lowest BCUT2D eigenvalue weighted by molar-refractivity contribution is -0.249. The summed E-state index contributed by atoms with van der Waals surface area (Å²) >= 11 is 0. The Hall–Kier alpha value is -5.07. The fraction of sp³-hybridized carbons (Fsp3) is 0.486. The number of nitrogens with one attached hydrogen (secondary N) is 2. The van der Waals surface area contributed by atoms with E-state index in [0.717, 1.165) is 6.92 Å². The minimum atomic E-state index is -2.39. The van der Waals surface area contributed by atoms with Crippen molar-refractivity contribution >= 4 is 51.4 Å².